The summed E-state index contributed by atoms with van der Waals surface area (Å²) in [6, 6.07) is 0.344. The first-order chi connectivity index (χ1) is 5.75. The van der Waals surface area contributed by atoms with Crippen molar-refractivity contribution in [2.45, 2.75) is 19.4 Å². The van der Waals surface area contributed by atoms with Crippen LogP contribution in [-0.2, 0) is 4.74 Å². The molecule has 0 bridgehead atoms. The van der Waals surface area contributed by atoms with Gasteiger partial charge in [-0.25, -0.2) is 0 Å². The zero-order valence-corrected chi connectivity index (χ0v) is 7.79. The van der Waals surface area contributed by atoms with Gasteiger partial charge in [0.15, 0.2) is 5.96 Å². The topological polar surface area (TPSA) is 50.8 Å². The molecular weight excluding hydrogens is 154 g/mol. The van der Waals surface area contributed by atoms with Crippen molar-refractivity contribution in [3.05, 3.63) is 0 Å². The second-order valence-corrected chi connectivity index (χ2v) is 3.05. The van der Waals surface area contributed by atoms with Crippen LogP contribution in [0.5, 0.6) is 0 Å². The number of hydrogen-bond donors (Lipinski definition) is 1. The maximum absolute atomic E-state index is 5.73. The molecule has 0 saturated carbocycles. The monoisotopic (exact) mass is 171 g/mol. The standard InChI is InChI=1S/C8H17N3O/c1-7-6-12-5-3-4-11(7)8(9)10-2/h7H,3-6H2,1-2H3,(H2,9,10). The number of guanidine groups is 1. The lowest BCUT2D eigenvalue weighted by molar-refractivity contribution is 0.124. The maximum Gasteiger partial charge on any atom is 0.191 e. The first-order valence-electron chi connectivity index (χ1n) is 4.32. The summed E-state index contributed by atoms with van der Waals surface area (Å²) >= 11 is 0. The van der Waals surface area contributed by atoms with Crippen LogP contribution in [-0.4, -0.2) is 43.7 Å². The Labute approximate surface area is 73.4 Å². The van der Waals surface area contributed by atoms with Gasteiger partial charge in [-0.05, 0) is 13.3 Å². The summed E-state index contributed by atoms with van der Waals surface area (Å²) in [7, 11) is 1.72. The largest absolute Gasteiger partial charge is 0.379 e. The van der Waals surface area contributed by atoms with Gasteiger partial charge in [-0.3, -0.25) is 4.99 Å². The van der Waals surface area contributed by atoms with Crippen molar-refractivity contribution in [3.63, 3.8) is 0 Å². The molecule has 1 aliphatic rings. The molecule has 4 heteroatoms. The Morgan fingerprint density at radius 1 is 1.67 bits per heavy atom. The van der Waals surface area contributed by atoms with Crippen molar-refractivity contribution in [2.75, 3.05) is 26.8 Å². The first kappa shape index (κ1) is 9.32. The smallest absolute Gasteiger partial charge is 0.191 e. The molecule has 4 nitrogen and oxygen atoms in total. The Bertz CT molecular complexity index is 170. The van der Waals surface area contributed by atoms with Gasteiger partial charge in [0.25, 0.3) is 0 Å². The summed E-state index contributed by atoms with van der Waals surface area (Å²) in [5, 5.41) is 0. The molecule has 1 fully saturated rings. The lowest BCUT2D eigenvalue weighted by Crippen LogP contribution is -2.44. The van der Waals surface area contributed by atoms with E-state index in [2.05, 4.69) is 16.8 Å². The highest BCUT2D eigenvalue weighted by Crippen LogP contribution is 2.05. The quantitative estimate of drug-likeness (QED) is 0.413. The second kappa shape index (κ2) is 4.30. The Morgan fingerprint density at radius 3 is 3.08 bits per heavy atom. The Balaban J connectivity index is 2.59. The SMILES string of the molecule is CN=C(N)N1CCCOCC1C. The zero-order valence-electron chi connectivity index (χ0n) is 7.79. The second-order valence-electron chi connectivity index (χ2n) is 3.05. The van der Waals surface area contributed by atoms with Crippen molar-refractivity contribution in [3.8, 4) is 0 Å². The van der Waals surface area contributed by atoms with Crippen LogP contribution in [0, 0.1) is 0 Å². The summed E-state index contributed by atoms with van der Waals surface area (Å²) < 4.78 is 5.38. The van der Waals surface area contributed by atoms with Gasteiger partial charge in [-0.15, -0.1) is 0 Å². The van der Waals surface area contributed by atoms with Crippen LogP contribution >= 0.6 is 0 Å². The van der Waals surface area contributed by atoms with Crippen LogP contribution in [0.25, 0.3) is 0 Å². The predicted molar refractivity (Wildman–Crippen MR) is 49.2 cm³/mol. The summed E-state index contributed by atoms with van der Waals surface area (Å²) in [5.41, 5.74) is 5.73. The van der Waals surface area contributed by atoms with Crippen molar-refractivity contribution in [1.29, 1.82) is 0 Å². The molecule has 1 aliphatic heterocycles. The molecule has 1 atom stereocenters. The fraction of sp³-hybridized carbons (Fsp3) is 0.875. The minimum absolute atomic E-state index is 0.344. The van der Waals surface area contributed by atoms with Gasteiger partial charge in [-0.1, -0.05) is 0 Å². The molecular formula is C8H17N3O. The van der Waals surface area contributed by atoms with Crippen molar-refractivity contribution < 1.29 is 4.74 Å². The van der Waals surface area contributed by atoms with Crippen LogP contribution in [0.2, 0.25) is 0 Å². The molecule has 0 amide bonds. The van der Waals surface area contributed by atoms with E-state index in [0.717, 1.165) is 26.2 Å². The highest BCUT2D eigenvalue weighted by Gasteiger charge is 2.18. The number of ether oxygens (including phenoxy) is 1. The molecule has 1 unspecified atom stereocenters. The first-order valence-corrected chi connectivity index (χ1v) is 4.32. The van der Waals surface area contributed by atoms with Crippen LogP contribution in [0.15, 0.2) is 4.99 Å². The number of aliphatic imine (C=N–C) groups is 1. The van der Waals surface area contributed by atoms with E-state index in [1.807, 2.05) is 0 Å². The molecule has 0 aliphatic carbocycles. The van der Waals surface area contributed by atoms with E-state index >= 15 is 0 Å². The lowest BCUT2D eigenvalue weighted by atomic mass is 10.3. The van der Waals surface area contributed by atoms with Crippen molar-refractivity contribution >= 4 is 5.96 Å². The maximum atomic E-state index is 5.73. The van der Waals surface area contributed by atoms with Gasteiger partial charge in [0.1, 0.15) is 0 Å². The zero-order chi connectivity index (χ0) is 8.97. The Hall–Kier alpha value is -0.770. The van der Waals surface area contributed by atoms with Crippen molar-refractivity contribution in [2.24, 2.45) is 10.7 Å². The fourth-order valence-corrected chi connectivity index (χ4v) is 1.37. The molecule has 70 valence electrons. The third-order valence-corrected chi connectivity index (χ3v) is 2.10. The summed E-state index contributed by atoms with van der Waals surface area (Å²) in [6.07, 6.45) is 1.03. The van der Waals surface area contributed by atoms with E-state index in [9.17, 15) is 0 Å². The van der Waals surface area contributed by atoms with E-state index in [1.54, 1.807) is 7.05 Å². The lowest BCUT2D eigenvalue weighted by Gasteiger charge is -2.26. The van der Waals surface area contributed by atoms with Crippen LogP contribution < -0.4 is 5.73 Å². The van der Waals surface area contributed by atoms with Crippen LogP contribution in [0.4, 0.5) is 0 Å². The summed E-state index contributed by atoms with van der Waals surface area (Å²) in [4.78, 5) is 6.06. The minimum atomic E-state index is 0.344. The van der Waals surface area contributed by atoms with E-state index < -0.39 is 0 Å². The number of nitrogens with zero attached hydrogens (tertiary/aromatic N) is 2. The van der Waals surface area contributed by atoms with Gasteiger partial charge in [0.2, 0.25) is 0 Å². The molecule has 0 aromatic heterocycles. The molecule has 0 aromatic rings. The molecule has 1 heterocycles. The number of hydrogen-bond acceptors (Lipinski definition) is 2. The predicted octanol–water partition coefficient (Wildman–Crippen LogP) is 0.0417. The highest BCUT2D eigenvalue weighted by molar-refractivity contribution is 5.78. The van der Waals surface area contributed by atoms with E-state index in [1.165, 1.54) is 0 Å². The Morgan fingerprint density at radius 2 is 2.42 bits per heavy atom. The van der Waals surface area contributed by atoms with Crippen LogP contribution in [0.1, 0.15) is 13.3 Å². The Kier molecular flexibility index (Phi) is 3.34. The van der Waals surface area contributed by atoms with E-state index in [4.69, 9.17) is 10.5 Å². The highest BCUT2D eigenvalue weighted by atomic mass is 16.5. The average Bonchev–Trinajstić information content (AvgIpc) is 2.28. The van der Waals surface area contributed by atoms with Gasteiger partial charge in [-0.2, -0.15) is 0 Å². The normalized spacial score (nSPS) is 27.0. The van der Waals surface area contributed by atoms with Gasteiger partial charge in [0, 0.05) is 20.2 Å². The average molecular weight is 171 g/mol. The van der Waals surface area contributed by atoms with Crippen molar-refractivity contribution in [1.82, 2.24) is 4.90 Å². The molecule has 1 saturated heterocycles. The summed E-state index contributed by atoms with van der Waals surface area (Å²) in [5.74, 6) is 0.619. The third kappa shape index (κ3) is 2.11. The molecule has 12 heavy (non-hydrogen) atoms. The summed E-state index contributed by atoms with van der Waals surface area (Å²) in [6.45, 7) is 4.63. The molecule has 2 N–H and O–H groups in total. The third-order valence-electron chi connectivity index (χ3n) is 2.10. The number of nitrogens with two attached hydrogens (primary N) is 1. The van der Waals surface area contributed by atoms with Crippen LogP contribution in [0.3, 0.4) is 0 Å². The van der Waals surface area contributed by atoms with Gasteiger partial charge >= 0.3 is 0 Å². The van der Waals surface area contributed by atoms with Gasteiger partial charge < -0.3 is 15.4 Å². The molecule has 1 rings (SSSR count). The molecule has 0 aromatic carbocycles. The van der Waals surface area contributed by atoms with Gasteiger partial charge in [0.05, 0.1) is 12.6 Å². The molecule has 0 spiro atoms. The molecule has 0 radical (unpaired) electrons. The minimum Gasteiger partial charge on any atom is -0.379 e. The fourth-order valence-electron chi connectivity index (χ4n) is 1.37. The van der Waals surface area contributed by atoms with E-state index in [-0.39, 0.29) is 0 Å². The van der Waals surface area contributed by atoms with E-state index in [0.29, 0.717) is 12.0 Å². The number of rotatable bonds is 0.